The van der Waals surface area contributed by atoms with Crippen molar-refractivity contribution in [1.82, 2.24) is 0 Å². The number of fused-ring (bicyclic) bond motifs is 2. The summed E-state index contributed by atoms with van der Waals surface area (Å²) in [6.07, 6.45) is 10.7. The fourth-order valence-electron chi connectivity index (χ4n) is 4.71. The van der Waals surface area contributed by atoms with Gasteiger partial charge in [0.1, 0.15) is 0 Å². The number of aryl methyl sites for hydroxylation is 3. The minimum atomic E-state index is 0. The maximum absolute atomic E-state index is 2.48. The first kappa shape index (κ1) is 30.1. The van der Waals surface area contributed by atoms with Gasteiger partial charge in [-0.25, -0.2) is 0 Å². The molecule has 3 aromatic rings. The Balaban J connectivity index is 0.000000604. The smallest absolute Gasteiger partial charge is 0.358 e. The minimum Gasteiger partial charge on any atom is -0.358 e. The van der Waals surface area contributed by atoms with Crippen LogP contribution < -0.4 is 0 Å². The molecule has 0 radical (unpaired) electrons. The van der Waals surface area contributed by atoms with Gasteiger partial charge in [-0.2, -0.15) is 33.9 Å². The van der Waals surface area contributed by atoms with Crippen molar-refractivity contribution in [2.24, 2.45) is 0 Å². The molecule has 31 heavy (non-hydrogen) atoms. The molecule has 0 nitrogen and oxygen atoms in total. The molecular weight excluding hydrogens is 539 g/mol. The van der Waals surface area contributed by atoms with Crippen LogP contribution in [-0.2, 0) is 45.1 Å². The summed E-state index contributed by atoms with van der Waals surface area (Å²) in [4.78, 5) is 0. The number of rotatable bonds is 5. The Morgan fingerprint density at radius 3 is 1.94 bits per heavy atom. The van der Waals surface area contributed by atoms with Gasteiger partial charge in [-0.05, 0) is 19.3 Å². The van der Waals surface area contributed by atoms with E-state index >= 15 is 0 Å². The maximum atomic E-state index is 2.48. The van der Waals surface area contributed by atoms with Crippen LogP contribution in [0.1, 0.15) is 83.5 Å². The first-order chi connectivity index (χ1) is 13.4. The number of hydrogen-bond donors (Lipinski definition) is 0. The van der Waals surface area contributed by atoms with E-state index in [1.807, 2.05) is 0 Å². The molecule has 1 aliphatic carbocycles. The SMILES string of the molecule is CCCCCC[c-]1ccc2cc3c(cc21)CCC3.Cc1c(C)c(C)[c-](C)c1C.[CH3-].[CH3-].[Hf+4]. The fraction of sp³-hybridized carbons (Fsp3) is 0.467. The molecule has 0 aliphatic heterocycles. The molecule has 0 unspecified atom stereocenters. The van der Waals surface area contributed by atoms with Crippen LogP contribution in [-0.4, -0.2) is 0 Å². The third-order valence-electron chi connectivity index (χ3n) is 7.19. The van der Waals surface area contributed by atoms with E-state index in [1.165, 1.54) is 90.0 Å². The molecule has 0 amide bonds. The van der Waals surface area contributed by atoms with Crippen LogP contribution in [0, 0.1) is 49.5 Å². The summed E-state index contributed by atoms with van der Waals surface area (Å²) in [7, 11) is 0. The monoisotopic (exact) mass is 584 g/mol. The van der Waals surface area contributed by atoms with Crippen LogP contribution in [0.5, 0.6) is 0 Å². The molecule has 0 fully saturated rings. The van der Waals surface area contributed by atoms with Gasteiger partial charge in [0.05, 0.1) is 0 Å². The Morgan fingerprint density at radius 1 is 0.839 bits per heavy atom. The molecule has 0 spiro atoms. The van der Waals surface area contributed by atoms with Gasteiger partial charge in [-0.3, -0.25) is 0 Å². The van der Waals surface area contributed by atoms with Crippen molar-refractivity contribution >= 4 is 10.8 Å². The second kappa shape index (κ2) is 13.6. The molecule has 0 saturated heterocycles. The van der Waals surface area contributed by atoms with Gasteiger partial charge in [-0.15, -0.1) is 34.5 Å². The van der Waals surface area contributed by atoms with Crippen molar-refractivity contribution in [1.29, 1.82) is 0 Å². The second-order valence-corrected chi connectivity index (χ2v) is 8.86. The Morgan fingerprint density at radius 2 is 1.42 bits per heavy atom. The molecular formula is C30H44Hf. The third-order valence-corrected chi connectivity index (χ3v) is 7.19. The average molecular weight is 583 g/mol. The molecule has 0 saturated carbocycles. The van der Waals surface area contributed by atoms with Crippen LogP contribution in [0.2, 0.25) is 0 Å². The largest absolute Gasteiger partial charge is 4.00 e. The standard InChI is InChI=1S/C18H23.C10H15.2CH3.Hf/c1-2-3-4-5-7-14-10-11-17-12-15-8-6-9-16(15)13-18(14)17;1-6-7(2)9(4)10(5)8(6)3;;;/h10-13H,2-9H2,1H3;1-5H3;2*1H3;/q4*-1;+4. The third kappa shape index (κ3) is 6.77. The van der Waals surface area contributed by atoms with E-state index in [4.69, 9.17) is 0 Å². The Bertz CT molecular complexity index is 855. The topological polar surface area (TPSA) is 0 Å². The van der Waals surface area contributed by atoms with Crippen LogP contribution in [0.4, 0.5) is 0 Å². The summed E-state index contributed by atoms with van der Waals surface area (Å²) < 4.78 is 0. The first-order valence-corrected chi connectivity index (χ1v) is 11.3. The number of unbranched alkanes of at least 4 members (excludes halogenated alkanes) is 3. The summed E-state index contributed by atoms with van der Waals surface area (Å²) in [6, 6.07) is 9.59. The van der Waals surface area contributed by atoms with Gasteiger partial charge in [0.2, 0.25) is 0 Å². The molecule has 4 rings (SSSR count). The van der Waals surface area contributed by atoms with Gasteiger partial charge in [0, 0.05) is 0 Å². The van der Waals surface area contributed by atoms with E-state index in [9.17, 15) is 0 Å². The molecule has 1 aliphatic rings. The Kier molecular flexibility index (Phi) is 13.1. The summed E-state index contributed by atoms with van der Waals surface area (Å²) in [5.41, 5.74) is 12.1. The maximum Gasteiger partial charge on any atom is 4.00 e. The van der Waals surface area contributed by atoms with Crippen LogP contribution >= 0.6 is 0 Å². The molecule has 1 heteroatoms. The van der Waals surface area contributed by atoms with Crippen LogP contribution in [0.15, 0.2) is 24.3 Å². The second-order valence-electron chi connectivity index (χ2n) is 8.86. The average Bonchev–Trinajstić information content (AvgIpc) is 3.36. The van der Waals surface area contributed by atoms with E-state index < -0.39 is 0 Å². The molecule has 3 aromatic carbocycles. The predicted molar refractivity (Wildman–Crippen MR) is 138 cm³/mol. The first-order valence-electron chi connectivity index (χ1n) is 11.3. The van der Waals surface area contributed by atoms with Gasteiger partial charge in [0.25, 0.3) is 0 Å². The molecule has 0 bridgehead atoms. The zero-order valence-corrected chi connectivity index (χ0v) is 25.1. The Hall–Kier alpha value is -0.950. The van der Waals surface area contributed by atoms with Crippen molar-refractivity contribution in [3.63, 3.8) is 0 Å². The fourth-order valence-corrected chi connectivity index (χ4v) is 4.71. The summed E-state index contributed by atoms with van der Waals surface area (Å²) in [5.74, 6) is 0. The van der Waals surface area contributed by atoms with Crippen molar-refractivity contribution in [3.8, 4) is 0 Å². The van der Waals surface area contributed by atoms with E-state index in [2.05, 4.69) is 65.8 Å². The van der Waals surface area contributed by atoms with Crippen molar-refractivity contribution < 1.29 is 25.8 Å². The number of hydrogen-bond acceptors (Lipinski definition) is 0. The van der Waals surface area contributed by atoms with Crippen LogP contribution in [0.25, 0.3) is 10.8 Å². The van der Waals surface area contributed by atoms with Gasteiger partial charge in [0.15, 0.2) is 0 Å². The van der Waals surface area contributed by atoms with E-state index in [-0.39, 0.29) is 40.7 Å². The quantitative estimate of drug-likeness (QED) is 0.160. The Labute approximate surface area is 212 Å². The van der Waals surface area contributed by atoms with Crippen molar-refractivity contribution in [2.45, 2.75) is 92.9 Å². The summed E-state index contributed by atoms with van der Waals surface area (Å²) >= 11 is 0. The van der Waals surface area contributed by atoms with Crippen LogP contribution in [0.3, 0.4) is 0 Å². The van der Waals surface area contributed by atoms with Gasteiger partial charge in [-0.1, -0.05) is 84.8 Å². The van der Waals surface area contributed by atoms with Crippen molar-refractivity contribution in [3.05, 3.63) is 83.6 Å². The molecule has 0 N–H and O–H groups in total. The number of benzene rings is 1. The zero-order valence-electron chi connectivity index (χ0n) is 21.5. The zero-order chi connectivity index (χ0) is 20.3. The van der Waals surface area contributed by atoms with Gasteiger partial charge >= 0.3 is 25.8 Å². The molecule has 0 aromatic heterocycles. The normalized spacial score (nSPS) is 11.7. The van der Waals surface area contributed by atoms with E-state index in [0.29, 0.717) is 0 Å². The molecule has 168 valence electrons. The predicted octanol–water partition coefficient (Wildman–Crippen LogP) is 9.02. The summed E-state index contributed by atoms with van der Waals surface area (Å²) in [6.45, 7) is 13.3. The molecule has 0 atom stereocenters. The summed E-state index contributed by atoms with van der Waals surface area (Å²) in [5, 5.41) is 3.01. The van der Waals surface area contributed by atoms with E-state index in [0.717, 1.165) is 0 Å². The van der Waals surface area contributed by atoms with Crippen molar-refractivity contribution in [2.75, 3.05) is 0 Å². The molecule has 0 heterocycles. The minimum absolute atomic E-state index is 0. The van der Waals surface area contributed by atoms with Gasteiger partial charge < -0.3 is 14.9 Å². The van der Waals surface area contributed by atoms with E-state index in [1.54, 1.807) is 16.7 Å².